The molecule has 1 aromatic carbocycles. The van der Waals surface area contributed by atoms with E-state index in [4.69, 9.17) is 4.74 Å². The number of carbonyl (C=O) groups is 1. The molecule has 5 heteroatoms. The van der Waals surface area contributed by atoms with Crippen molar-refractivity contribution in [2.75, 3.05) is 36.8 Å². The zero-order chi connectivity index (χ0) is 13.5. The van der Waals surface area contributed by atoms with Crippen LogP contribution in [0.1, 0.15) is 23.2 Å². The number of amides is 1. The highest BCUT2D eigenvalue weighted by Crippen LogP contribution is 2.29. The average Bonchev–Trinajstić information content (AvgIpc) is 2.84. The molecule has 0 radical (unpaired) electrons. The molecule has 2 bridgehead atoms. The third-order valence-corrected chi connectivity index (χ3v) is 4.35. The van der Waals surface area contributed by atoms with Crippen LogP contribution in [0.4, 0.5) is 11.4 Å². The third kappa shape index (κ3) is 2.02. The second-order valence-electron chi connectivity index (χ2n) is 5.78. The SMILES string of the molecule is O=C(c1ccc2c(c1)NCCN2)N1CC2CCC(C1)O2. The molecule has 4 rings (SSSR count). The molecular formula is C15H19N3O2. The Morgan fingerprint density at radius 1 is 1.10 bits per heavy atom. The lowest BCUT2D eigenvalue weighted by molar-refractivity contribution is -0.0303. The minimum absolute atomic E-state index is 0.125. The van der Waals surface area contributed by atoms with E-state index in [0.29, 0.717) is 0 Å². The standard InChI is InChI=1S/C15H19N3O2/c19-15(18-8-11-2-3-12(9-18)20-11)10-1-4-13-14(7-10)17-6-5-16-13/h1,4,7,11-12,16-17H,2-3,5-6,8-9H2. The maximum absolute atomic E-state index is 12.6. The van der Waals surface area contributed by atoms with Gasteiger partial charge in [-0.2, -0.15) is 0 Å². The highest BCUT2D eigenvalue weighted by Gasteiger charge is 2.36. The second kappa shape index (κ2) is 4.66. The monoisotopic (exact) mass is 273 g/mol. The van der Waals surface area contributed by atoms with Crippen molar-refractivity contribution in [3.63, 3.8) is 0 Å². The topological polar surface area (TPSA) is 53.6 Å². The molecule has 20 heavy (non-hydrogen) atoms. The van der Waals surface area contributed by atoms with E-state index in [9.17, 15) is 4.79 Å². The van der Waals surface area contributed by atoms with Gasteiger partial charge in [0.1, 0.15) is 0 Å². The molecule has 106 valence electrons. The van der Waals surface area contributed by atoms with E-state index in [-0.39, 0.29) is 18.1 Å². The maximum Gasteiger partial charge on any atom is 0.254 e. The molecule has 2 fully saturated rings. The highest BCUT2D eigenvalue weighted by atomic mass is 16.5. The molecule has 3 aliphatic rings. The van der Waals surface area contributed by atoms with Gasteiger partial charge in [0.2, 0.25) is 0 Å². The minimum Gasteiger partial charge on any atom is -0.382 e. The van der Waals surface area contributed by atoms with Crippen LogP contribution in [0.25, 0.3) is 0 Å². The van der Waals surface area contributed by atoms with Gasteiger partial charge in [-0.25, -0.2) is 0 Å². The van der Waals surface area contributed by atoms with Crippen LogP contribution >= 0.6 is 0 Å². The van der Waals surface area contributed by atoms with Crippen LogP contribution in [0.2, 0.25) is 0 Å². The van der Waals surface area contributed by atoms with Gasteiger partial charge in [-0.05, 0) is 31.0 Å². The van der Waals surface area contributed by atoms with E-state index in [1.54, 1.807) is 0 Å². The number of hydrogen-bond acceptors (Lipinski definition) is 4. The van der Waals surface area contributed by atoms with Crippen LogP contribution in [-0.4, -0.2) is 49.2 Å². The molecule has 3 heterocycles. The molecule has 3 aliphatic heterocycles. The number of hydrogen-bond donors (Lipinski definition) is 2. The van der Waals surface area contributed by atoms with Gasteiger partial charge < -0.3 is 20.3 Å². The molecule has 1 aromatic rings. The smallest absolute Gasteiger partial charge is 0.254 e. The molecule has 0 aromatic heterocycles. The van der Waals surface area contributed by atoms with Gasteiger partial charge in [-0.3, -0.25) is 4.79 Å². The molecule has 1 amide bonds. The summed E-state index contributed by atoms with van der Waals surface area (Å²) in [4.78, 5) is 14.6. The number of morpholine rings is 1. The average molecular weight is 273 g/mol. The van der Waals surface area contributed by atoms with Crippen molar-refractivity contribution in [2.45, 2.75) is 25.0 Å². The predicted molar refractivity (Wildman–Crippen MR) is 77.2 cm³/mol. The van der Waals surface area contributed by atoms with Crippen LogP contribution in [0.3, 0.4) is 0 Å². The van der Waals surface area contributed by atoms with E-state index in [0.717, 1.165) is 56.0 Å². The van der Waals surface area contributed by atoms with Crippen LogP contribution in [0, 0.1) is 0 Å². The lowest BCUT2D eigenvalue weighted by Gasteiger charge is -2.32. The van der Waals surface area contributed by atoms with Crippen molar-refractivity contribution in [1.82, 2.24) is 4.90 Å². The van der Waals surface area contributed by atoms with Gasteiger partial charge in [-0.15, -0.1) is 0 Å². The maximum atomic E-state index is 12.6. The van der Waals surface area contributed by atoms with Gasteiger partial charge >= 0.3 is 0 Å². The van der Waals surface area contributed by atoms with E-state index >= 15 is 0 Å². The summed E-state index contributed by atoms with van der Waals surface area (Å²) in [5.41, 5.74) is 2.87. The van der Waals surface area contributed by atoms with Crippen LogP contribution in [0.5, 0.6) is 0 Å². The van der Waals surface area contributed by atoms with Crippen molar-refractivity contribution in [3.8, 4) is 0 Å². The van der Waals surface area contributed by atoms with E-state index in [1.165, 1.54) is 0 Å². The Balaban J connectivity index is 1.56. The van der Waals surface area contributed by atoms with Crippen LogP contribution in [0.15, 0.2) is 18.2 Å². The van der Waals surface area contributed by atoms with Crippen molar-refractivity contribution in [3.05, 3.63) is 23.8 Å². The molecule has 0 spiro atoms. The summed E-state index contributed by atoms with van der Waals surface area (Å²) >= 11 is 0. The van der Waals surface area contributed by atoms with E-state index < -0.39 is 0 Å². The van der Waals surface area contributed by atoms with E-state index in [2.05, 4.69) is 10.6 Å². The summed E-state index contributed by atoms with van der Waals surface area (Å²) in [5.74, 6) is 0.125. The Kier molecular flexibility index (Phi) is 2.80. The lowest BCUT2D eigenvalue weighted by atomic mass is 10.1. The fourth-order valence-corrected chi connectivity index (χ4v) is 3.34. The van der Waals surface area contributed by atoms with Crippen molar-refractivity contribution in [1.29, 1.82) is 0 Å². The summed E-state index contributed by atoms with van der Waals surface area (Å²) < 4.78 is 5.79. The number of nitrogens with one attached hydrogen (secondary N) is 2. The van der Waals surface area contributed by atoms with Crippen LogP contribution < -0.4 is 10.6 Å². The number of benzene rings is 1. The van der Waals surface area contributed by atoms with Gasteiger partial charge in [0.05, 0.1) is 23.6 Å². The molecule has 0 aliphatic carbocycles. The number of anilines is 2. The fourth-order valence-electron chi connectivity index (χ4n) is 3.34. The first-order valence-corrected chi connectivity index (χ1v) is 7.36. The zero-order valence-electron chi connectivity index (χ0n) is 11.4. The Labute approximate surface area is 118 Å². The predicted octanol–water partition coefficient (Wildman–Crippen LogP) is 1.53. The van der Waals surface area contributed by atoms with Crippen molar-refractivity contribution < 1.29 is 9.53 Å². The Hall–Kier alpha value is -1.75. The Morgan fingerprint density at radius 2 is 1.80 bits per heavy atom. The van der Waals surface area contributed by atoms with Gasteiger partial charge in [0.15, 0.2) is 0 Å². The summed E-state index contributed by atoms with van der Waals surface area (Å²) in [5, 5.41) is 6.66. The second-order valence-corrected chi connectivity index (χ2v) is 5.78. The van der Waals surface area contributed by atoms with E-state index in [1.807, 2.05) is 23.1 Å². The molecule has 2 atom stereocenters. The van der Waals surface area contributed by atoms with Crippen LogP contribution in [-0.2, 0) is 4.74 Å². The first kappa shape index (κ1) is 12.0. The number of likely N-dealkylation sites (tertiary alicyclic amines) is 1. The molecule has 2 unspecified atom stereocenters. The summed E-state index contributed by atoms with van der Waals surface area (Å²) in [6.07, 6.45) is 2.67. The quantitative estimate of drug-likeness (QED) is 0.815. The number of carbonyl (C=O) groups excluding carboxylic acids is 1. The summed E-state index contributed by atoms with van der Waals surface area (Å²) in [7, 11) is 0. The van der Waals surface area contributed by atoms with Crippen molar-refractivity contribution in [2.24, 2.45) is 0 Å². The van der Waals surface area contributed by atoms with Gasteiger partial charge in [-0.1, -0.05) is 0 Å². The largest absolute Gasteiger partial charge is 0.382 e. The summed E-state index contributed by atoms with van der Waals surface area (Å²) in [6, 6.07) is 5.86. The van der Waals surface area contributed by atoms with Crippen molar-refractivity contribution >= 4 is 17.3 Å². The van der Waals surface area contributed by atoms with Gasteiger partial charge in [0, 0.05) is 31.7 Å². The third-order valence-electron chi connectivity index (χ3n) is 4.35. The number of nitrogens with zero attached hydrogens (tertiary/aromatic N) is 1. The number of rotatable bonds is 1. The lowest BCUT2D eigenvalue weighted by Crippen LogP contribution is -2.45. The zero-order valence-corrected chi connectivity index (χ0v) is 11.4. The molecule has 0 saturated carbocycles. The Morgan fingerprint density at radius 3 is 2.55 bits per heavy atom. The molecule has 2 N–H and O–H groups in total. The Bertz CT molecular complexity index is 534. The first-order chi connectivity index (χ1) is 9.79. The minimum atomic E-state index is 0.125. The first-order valence-electron chi connectivity index (χ1n) is 7.36. The number of ether oxygens (including phenoxy) is 1. The van der Waals surface area contributed by atoms with Gasteiger partial charge in [0.25, 0.3) is 5.91 Å². The highest BCUT2D eigenvalue weighted by molar-refractivity contribution is 5.96. The number of fused-ring (bicyclic) bond motifs is 3. The molecule has 5 nitrogen and oxygen atoms in total. The fraction of sp³-hybridized carbons (Fsp3) is 0.533. The summed E-state index contributed by atoms with van der Waals surface area (Å²) in [6.45, 7) is 3.29. The normalized spacial score (nSPS) is 27.5. The molecule has 2 saturated heterocycles. The molecular weight excluding hydrogens is 254 g/mol.